The molecule has 2 N–H and O–H groups in total. The maximum Gasteiger partial charge on any atom is 0.254 e. The lowest BCUT2D eigenvalue weighted by atomic mass is 10.1. The van der Waals surface area contributed by atoms with Crippen LogP contribution in [-0.2, 0) is 9.59 Å². The lowest BCUT2D eigenvalue weighted by Gasteiger charge is -2.16. The van der Waals surface area contributed by atoms with E-state index in [0.717, 1.165) is 0 Å². The van der Waals surface area contributed by atoms with Crippen molar-refractivity contribution in [2.45, 2.75) is 18.6 Å². The van der Waals surface area contributed by atoms with E-state index in [9.17, 15) is 14.7 Å². The number of nitrogens with zero attached hydrogens (tertiary/aromatic N) is 1. The molecule has 1 fully saturated rings. The third kappa shape index (κ3) is 3.23. The number of likely N-dealkylation sites (tertiary alicyclic amines) is 1. The fourth-order valence-corrected chi connectivity index (χ4v) is 2.63. The number of rotatable bonds is 3. The number of carbonyl (C=O) groups is 2. The van der Waals surface area contributed by atoms with Crippen LogP contribution in [0.3, 0.4) is 0 Å². The number of carbonyl (C=O) groups excluding carboxylic acids is 2. The van der Waals surface area contributed by atoms with Crippen LogP contribution >= 0.6 is 23.2 Å². The van der Waals surface area contributed by atoms with Crippen molar-refractivity contribution >= 4 is 35.0 Å². The van der Waals surface area contributed by atoms with Crippen LogP contribution in [0.4, 0.5) is 0 Å². The first-order chi connectivity index (χ1) is 9.38. The highest BCUT2D eigenvalue weighted by Gasteiger charge is 2.32. The highest BCUT2D eigenvalue weighted by molar-refractivity contribution is 6.34. The molecular weight excluding hydrogens is 303 g/mol. The van der Waals surface area contributed by atoms with Crippen LogP contribution in [-0.4, -0.2) is 41.5 Å². The van der Waals surface area contributed by atoms with Crippen molar-refractivity contribution in [1.82, 2.24) is 10.2 Å². The Hall–Kier alpha value is -1.30. The fourth-order valence-electron chi connectivity index (χ4n) is 2.09. The minimum absolute atomic E-state index is 0.158. The van der Waals surface area contributed by atoms with Crippen molar-refractivity contribution in [2.24, 2.45) is 0 Å². The van der Waals surface area contributed by atoms with Gasteiger partial charge in [0, 0.05) is 23.6 Å². The van der Waals surface area contributed by atoms with E-state index in [1.165, 1.54) is 23.1 Å². The van der Waals surface area contributed by atoms with Gasteiger partial charge in [0.2, 0.25) is 5.91 Å². The van der Waals surface area contributed by atoms with Crippen molar-refractivity contribution < 1.29 is 14.7 Å². The Morgan fingerprint density at radius 3 is 2.50 bits per heavy atom. The molecule has 0 bridgehead atoms. The highest BCUT2D eigenvalue weighted by Crippen LogP contribution is 2.24. The van der Waals surface area contributed by atoms with Crippen LogP contribution in [0, 0.1) is 0 Å². The Kier molecular flexibility index (Phi) is 4.52. The van der Waals surface area contributed by atoms with Crippen molar-refractivity contribution in [3.8, 4) is 0 Å². The number of hydrogen-bond acceptors (Lipinski definition) is 3. The van der Waals surface area contributed by atoms with E-state index in [4.69, 9.17) is 23.2 Å². The number of aliphatic hydroxyl groups is 1. The Balaban J connectivity index is 2.07. The first-order valence-corrected chi connectivity index (χ1v) is 6.83. The minimum Gasteiger partial charge on any atom is -0.378 e. The summed E-state index contributed by atoms with van der Waals surface area (Å²) in [5, 5.41) is 13.2. The van der Waals surface area contributed by atoms with Gasteiger partial charge >= 0.3 is 0 Å². The second kappa shape index (κ2) is 5.99. The first kappa shape index (κ1) is 15.1. The van der Waals surface area contributed by atoms with Gasteiger partial charge < -0.3 is 15.3 Å². The zero-order chi connectivity index (χ0) is 14.9. The topological polar surface area (TPSA) is 69.6 Å². The lowest BCUT2D eigenvalue weighted by Crippen LogP contribution is -2.42. The molecular formula is C13H14Cl2N2O3. The summed E-state index contributed by atoms with van der Waals surface area (Å²) in [6.07, 6.45) is -0.880. The third-order valence-electron chi connectivity index (χ3n) is 3.19. The second-order valence-electron chi connectivity index (χ2n) is 4.71. The maximum atomic E-state index is 12.0. The van der Waals surface area contributed by atoms with Gasteiger partial charge in [-0.05, 0) is 30.2 Å². The number of aliphatic hydroxyl groups excluding tert-OH is 1. The predicted octanol–water partition coefficient (Wildman–Crippen LogP) is 1.37. The van der Waals surface area contributed by atoms with Gasteiger partial charge in [0.05, 0.1) is 0 Å². The zero-order valence-electron chi connectivity index (χ0n) is 10.8. The van der Waals surface area contributed by atoms with Gasteiger partial charge in [-0.25, -0.2) is 0 Å². The number of halogens is 2. The summed E-state index contributed by atoms with van der Waals surface area (Å²) in [5.74, 6) is -0.799. The molecule has 1 aliphatic rings. The van der Waals surface area contributed by atoms with E-state index in [2.05, 4.69) is 5.32 Å². The normalized spacial score (nSPS) is 20.1. The smallest absolute Gasteiger partial charge is 0.254 e. The Morgan fingerprint density at radius 2 is 2.00 bits per heavy atom. The number of likely N-dealkylation sites (N-methyl/N-ethyl adjacent to an activating group) is 1. The molecule has 5 nitrogen and oxygen atoms in total. The molecule has 1 aromatic rings. The van der Waals surface area contributed by atoms with E-state index >= 15 is 0 Å². The molecule has 1 aliphatic heterocycles. The number of amides is 2. The standard InChI is InChI=1S/C13H14Cl2N2O3/c1-17-3-2-10(13(17)20)16-12(19)11(18)7-4-8(14)6-9(15)5-7/h4-6,10-11,18H,2-3H2,1H3,(H,16,19). The molecule has 2 amide bonds. The average molecular weight is 317 g/mol. The van der Waals surface area contributed by atoms with E-state index in [0.29, 0.717) is 28.6 Å². The zero-order valence-corrected chi connectivity index (χ0v) is 12.3. The monoisotopic (exact) mass is 316 g/mol. The van der Waals surface area contributed by atoms with E-state index in [1.54, 1.807) is 7.05 Å². The van der Waals surface area contributed by atoms with Crippen LogP contribution in [0.2, 0.25) is 10.0 Å². The quantitative estimate of drug-likeness (QED) is 0.885. The van der Waals surface area contributed by atoms with Gasteiger partial charge in [0.25, 0.3) is 5.91 Å². The summed E-state index contributed by atoms with van der Waals surface area (Å²) in [6.45, 7) is 0.586. The molecule has 2 unspecified atom stereocenters. The molecule has 20 heavy (non-hydrogen) atoms. The molecule has 0 saturated carbocycles. The van der Waals surface area contributed by atoms with Crippen LogP contribution in [0.15, 0.2) is 18.2 Å². The Morgan fingerprint density at radius 1 is 1.40 bits per heavy atom. The molecule has 0 radical (unpaired) electrons. The van der Waals surface area contributed by atoms with Gasteiger partial charge in [-0.2, -0.15) is 0 Å². The van der Waals surface area contributed by atoms with Gasteiger partial charge in [0.15, 0.2) is 6.10 Å². The SMILES string of the molecule is CN1CCC(NC(=O)C(O)c2cc(Cl)cc(Cl)c2)C1=O. The van der Waals surface area contributed by atoms with Crippen LogP contribution < -0.4 is 5.32 Å². The Bertz CT molecular complexity index is 530. The third-order valence-corrected chi connectivity index (χ3v) is 3.63. The largest absolute Gasteiger partial charge is 0.378 e. The molecule has 1 saturated heterocycles. The first-order valence-electron chi connectivity index (χ1n) is 6.08. The molecule has 0 aromatic heterocycles. The van der Waals surface area contributed by atoms with Gasteiger partial charge in [0.1, 0.15) is 6.04 Å². The van der Waals surface area contributed by atoms with E-state index in [-0.39, 0.29) is 5.91 Å². The predicted molar refractivity (Wildman–Crippen MR) is 75.6 cm³/mol. The second-order valence-corrected chi connectivity index (χ2v) is 5.59. The van der Waals surface area contributed by atoms with Gasteiger partial charge in [-0.15, -0.1) is 0 Å². The number of nitrogens with one attached hydrogen (secondary N) is 1. The average Bonchev–Trinajstić information content (AvgIpc) is 2.68. The highest BCUT2D eigenvalue weighted by atomic mass is 35.5. The molecule has 0 spiro atoms. The van der Waals surface area contributed by atoms with Gasteiger partial charge in [-0.3, -0.25) is 9.59 Å². The fraction of sp³-hybridized carbons (Fsp3) is 0.385. The Labute approximate surface area is 126 Å². The molecule has 108 valence electrons. The van der Waals surface area contributed by atoms with E-state index in [1.807, 2.05) is 0 Å². The maximum absolute atomic E-state index is 12.0. The molecule has 2 rings (SSSR count). The summed E-state index contributed by atoms with van der Waals surface area (Å²) >= 11 is 11.6. The van der Waals surface area contributed by atoms with Crippen LogP contribution in [0.5, 0.6) is 0 Å². The molecule has 2 atom stereocenters. The molecule has 1 aromatic carbocycles. The summed E-state index contributed by atoms with van der Waals surface area (Å²) in [4.78, 5) is 25.2. The van der Waals surface area contributed by atoms with Crippen LogP contribution in [0.1, 0.15) is 18.1 Å². The summed E-state index contributed by atoms with van der Waals surface area (Å²) in [7, 11) is 1.67. The lowest BCUT2D eigenvalue weighted by molar-refractivity contribution is -0.135. The van der Waals surface area contributed by atoms with Gasteiger partial charge in [-0.1, -0.05) is 23.2 Å². The number of hydrogen-bond donors (Lipinski definition) is 2. The van der Waals surface area contributed by atoms with Crippen molar-refractivity contribution in [2.75, 3.05) is 13.6 Å². The number of benzene rings is 1. The molecule has 0 aliphatic carbocycles. The summed E-state index contributed by atoms with van der Waals surface area (Å²) in [5.41, 5.74) is 0.291. The van der Waals surface area contributed by atoms with Crippen molar-refractivity contribution in [1.29, 1.82) is 0 Å². The summed E-state index contributed by atoms with van der Waals surface area (Å²) < 4.78 is 0. The van der Waals surface area contributed by atoms with Crippen LogP contribution in [0.25, 0.3) is 0 Å². The van der Waals surface area contributed by atoms with Crippen molar-refractivity contribution in [3.63, 3.8) is 0 Å². The van der Waals surface area contributed by atoms with Crippen molar-refractivity contribution in [3.05, 3.63) is 33.8 Å². The molecule has 1 heterocycles. The summed E-state index contributed by atoms with van der Waals surface area (Å²) in [6, 6.07) is 3.84. The molecule has 7 heteroatoms. The van der Waals surface area contributed by atoms with E-state index < -0.39 is 18.1 Å². The minimum atomic E-state index is -1.41.